The second-order valence-corrected chi connectivity index (χ2v) is 3.68. The fraction of sp³-hybridized carbons (Fsp3) is 0.889. The van der Waals surface area contributed by atoms with Crippen LogP contribution in [0.2, 0.25) is 0 Å². The summed E-state index contributed by atoms with van der Waals surface area (Å²) in [5, 5.41) is 8.86. The summed E-state index contributed by atoms with van der Waals surface area (Å²) in [6, 6.07) is -0.429. The van der Waals surface area contributed by atoms with Gasteiger partial charge in [-0.3, -0.25) is 14.6 Å². The maximum Gasteiger partial charge on any atom is 0.320 e. The Balaban J connectivity index is 2.54. The molecule has 2 atom stereocenters. The molecule has 0 aliphatic carbocycles. The number of carboxylic acid groups (broad SMARTS) is 1. The van der Waals surface area contributed by atoms with Gasteiger partial charge in [-0.25, -0.2) is 0 Å². The fourth-order valence-corrected chi connectivity index (χ4v) is 1.62. The van der Waals surface area contributed by atoms with Crippen molar-refractivity contribution in [1.29, 1.82) is 0 Å². The SMILES string of the molecule is CO[C@@H]1CN(C(C)C(=O)O)CCN1C. The number of piperazine rings is 1. The Hall–Kier alpha value is -0.650. The van der Waals surface area contributed by atoms with E-state index >= 15 is 0 Å². The number of methoxy groups -OCH3 is 1. The lowest BCUT2D eigenvalue weighted by molar-refractivity contribution is -0.146. The molecule has 1 fully saturated rings. The van der Waals surface area contributed by atoms with Crippen LogP contribution in [0.4, 0.5) is 0 Å². The first-order chi connectivity index (χ1) is 6.56. The van der Waals surface area contributed by atoms with E-state index in [4.69, 9.17) is 9.84 Å². The average Bonchev–Trinajstić information content (AvgIpc) is 2.17. The van der Waals surface area contributed by atoms with Crippen molar-refractivity contribution in [2.24, 2.45) is 0 Å². The van der Waals surface area contributed by atoms with Gasteiger partial charge in [-0.05, 0) is 14.0 Å². The van der Waals surface area contributed by atoms with Gasteiger partial charge in [0.15, 0.2) is 0 Å². The maximum atomic E-state index is 10.8. The van der Waals surface area contributed by atoms with Crippen LogP contribution in [0.15, 0.2) is 0 Å². The highest BCUT2D eigenvalue weighted by Crippen LogP contribution is 2.11. The molecule has 0 radical (unpaired) electrons. The first kappa shape index (κ1) is 11.4. The minimum absolute atomic E-state index is 0.00514. The van der Waals surface area contributed by atoms with Crippen LogP contribution >= 0.6 is 0 Å². The van der Waals surface area contributed by atoms with Gasteiger partial charge in [0, 0.05) is 26.7 Å². The molecule has 1 unspecified atom stereocenters. The Morgan fingerprint density at radius 2 is 2.21 bits per heavy atom. The zero-order valence-corrected chi connectivity index (χ0v) is 8.93. The predicted octanol–water partition coefficient (Wildman–Crippen LogP) is -0.321. The number of likely N-dealkylation sites (N-methyl/N-ethyl adjacent to an activating group) is 1. The summed E-state index contributed by atoms with van der Waals surface area (Å²) in [4.78, 5) is 14.8. The molecule has 1 aliphatic rings. The highest BCUT2D eigenvalue weighted by atomic mass is 16.5. The molecule has 14 heavy (non-hydrogen) atoms. The molecule has 5 nitrogen and oxygen atoms in total. The van der Waals surface area contributed by atoms with Crippen LogP contribution in [-0.4, -0.2) is 66.9 Å². The summed E-state index contributed by atoms with van der Waals surface area (Å²) in [5.41, 5.74) is 0. The molecule has 1 N–H and O–H groups in total. The minimum Gasteiger partial charge on any atom is -0.480 e. The van der Waals surface area contributed by atoms with Gasteiger partial charge in [0.25, 0.3) is 0 Å². The number of hydrogen-bond donors (Lipinski definition) is 1. The van der Waals surface area contributed by atoms with E-state index in [1.54, 1.807) is 14.0 Å². The third-order valence-electron chi connectivity index (χ3n) is 2.80. The van der Waals surface area contributed by atoms with Crippen molar-refractivity contribution in [3.05, 3.63) is 0 Å². The Labute approximate surface area is 84.2 Å². The molecule has 1 heterocycles. The van der Waals surface area contributed by atoms with Crippen LogP contribution in [0.3, 0.4) is 0 Å². The second kappa shape index (κ2) is 4.72. The highest BCUT2D eigenvalue weighted by Gasteiger charge is 2.29. The van der Waals surface area contributed by atoms with E-state index in [0.717, 1.165) is 13.1 Å². The van der Waals surface area contributed by atoms with Gasteiger partial charge in [0.2, 0.25) is 0 Å². The lowest BCUT2D eigenvalue weighted by Gasteiger charge is -2.39. The summed E-state index contributed by atoms with van der Waals surface area (Å²) in [6.07, 6.45) is 0.00514. The number of carbonyl (C=O) groups is 1. The van der Waals surface area contributed by atoms with E-state index in [0.29, 0.717) is 6.54 Å². The molecule has 0 saturated carbocycles. The van der Waals surface area contributed by atoms with Crippen LogP contribution in [0.25, 0.3) is 0 Å². The summed E-state index contributed by atoms with van der Waals surface area (Å²) in [6.45, 7) is 3.99. The molecule has 0 aromatic heterocycles. The number of aliphatic carboxylic acids is 1. The normalized spacial score (nSPS) is 27.5. The number of carboxylic acids is 1. The Morgan fingerprint density at radius 1 is 1.57 bits per heavy atom. The van der Waals surface area contributed by atoms with E-state index < -0.39 is 12.0 Å². The lowest BCUT2D eigenvalue weighted by Crippen LogP contribution is -2.56. The van der Waals surface area contributed by atoms with E-state index in [1.807, 2.05) is 11.9 Å². The summed E-state index contributed by atoms with van der Waals surface area (Å²) < 4.78 is 5.25. The lowest BCUT2D eigenvalue weighted by atomic mass is 10.2. The quantitative estimate of drug-likeness (QED) is 0.679. The van der Waals surface area contributed by atoms with Crippen molar-refractivity contribution in [2.45, 2.75) is 19.2 Å². The average molecular weight is 202 g/mol. The molecule has 1 rings (SSSR count). The van der Waals surface area contributed by atoms with E-state index in [9.17, 15) is 4.79 Å². The fourth-order valence-electron chi connectivity index (χ4n) is 1.62. The predicted molar refractivity (Wildman–Crippen MR) is 52.1 cm³/mol. The second-order valence-electron chi connectivity index (χ2n) is 3.68. The third-order valence-corrected chi connectivity index (χ3v) is 2.80. The zero-order valence-electron chi connectivity index (χ0n) is 8.93. The topological polar surface area (TPSA) is 53.0 Å². The molecule has 82 valence electrons. The molecule has 1 aliphatic heterocycles. The Morgan fingerprint density at radius 3 is 2.71 bits per heavy atom. The molecule has 0 aromatic rings. The molecule has 1 saturated heterocycles. The molecule has 0 aromatic carbocycles. The van der Waals surface area contributed by atoms with Gasteiger partial charge in [0.1, 0.15) is 12.3 Å². The number of nitrogens with zero attached hydrogens (tertiary/aromatic N) is 2. The highest BCUT2D eigenvalue weighted by molar-refractivity contribution is 5.72. The van der Waals surface area contributed by atoms with Crippen LogP contribution in [0.5, 0.6) is 0 Å². The van der Waals surface area contributed by atoms with Crippen molar-refractivity contribution < 1.29 is 14.6 Å². The van der Waals surface area contributed by atoms with Crippen molar-refractivity contribution >= 4 is 5.97 Å². The summed E-state index contributed by atoms with van der Waals surface area (Å²) in [7, 11) is 3.63. The molecule has 5 heteroatoms. The molecule has 0 amide bonds. The third kappa shape index (κ3) is 2.43. The smallest absolute Gasteiger partial charge is 0.320 e. The molecular formula is C9H18N2O3. The number of rotatable bonds is 3. The molecule has 0 spiro atoms. The van der Waals surface area contributed by atoms with E-state index in [1.165, 1.54) is 0 Å². The van der Waals surface area contributed by atoms with Crippen molar-refractivity contribution in [3.63, 3.8) is 0 Å². The van der Waals surface area contributed by atoms with Crippen LogP contribution < -0.4 is 0 Å². The number of ether oxygens (including phenoxy) is 1. The van der Waals surface area contributed by atoms with Crippen LogP contribution in [0, 0.1) is 0 Å². The Kier molecular flexibility index (Phi) is 3.86. The van der Waals surface area contributed by atoms with Crippen LogP contribution in [-0.2, 0) is 9.53 Å². The van der Waals surface area contributed by atoms with Gasteiger partial charge >= 0.3 is 5.97 Å². The largest absolute Gasteiger partial charge is 0.480 e. The van der Waals surface area contributed by atoms with Gasteiger partial charge in [-0.2, -0.15) is 0 Å². The van der Waals surface area contributed by atoms with Gasteiger partial charge in [-0.15, -0.1) is 0 Å². The first-order valence-corrected chi connectivity index (χ1v) is 4.76. The maximum absolute atomic E-state index is 10.8. The monoisotopic (exact) mass is 202 g/mol. The zero-order chi connectivity index (χ0) is 10.7. The standard InChI is InChI=1S/C9H18N2O3/c1-7(9(12)13)11-5-4-10(2)8(6-11)14-3/h7-8H,4-6H2,1-3H3,(H,12,13)/t7?,8-/m1/s1. The van der Waals surface area contributed by atoms with Gasteiger partial charge in [-0.1, -0.05) is 0 Å². The van der Waals surface area contributed by atoms with Crippen LogP contribution in [0.1, 0.15) is 6.92 Å². The summed E-state index contributed by atoms with van der Waals surface area (Å²) in [5.74, 6) is -0.774. The molecular weight excluding hydrogens is 184 g/mol. The number of hydrogen-bond acceptors (Lipinski definition) is 4. The van der Waals surface area contributed by atoms with Gasteiger partial charge < -0.3 is 9.84 Å². The van der Waals surface area contributed by atoms with Crippen molar-refractivity contribution in [3.8, 4) is 0 Å². The van der Waals surface area contributed by atoms with Crippen molar-refractivity contribution in [2.75, 3.05) is 33.8 Å². The van der Waals surface area contributed by atoms with E-state index in [2.05, 4.69) is 4.90 Å². The first-order valence-electron chi connectivity index (χ1n) is 4.76. The Bertz CT molecular complexity index is 210. The molecule has 0 bridgehead atoms. The summed E-state index contributed by atoms with van der Waals surface area (Å²) >= 11 is 0. The van der Waals surface area contributed by atoms with Crippen molar-refractivity contribution in [1.82, 2.24) is 9.80 Å². The van der Waals surface area contributed by atoms with Gasteiger partial charge in [0.05, 0.1) is 0 Å². The minimum atomic E-state index is -0.774. The van der Waals surface area contributed by atoms with E-state index in [-0.39, 0.29) is 6.23 Å².